The molecular formula is C18H25N3O2S. The molecule has 1 aromatic heterocycles. The van der Waals surface area contributed by atoms with E-state index in [0.717, 1.165) is 24.2 Å². The highest BCUT2D eigenvalue weighted by Crippen LogP contribution is 2.33. The standard InChI is InChI=1S/C18H25N3O2S/c1-20(2)24(22,23)11-8-14-4-5-18-16(12-14)17(13-19-18)15-6-9-21(3)10-7-15/h4-5,8,11-13,15,19H,6-7,9-10H2,1-3H3/b11-8+. The van der Waals surface area contributed by atoms with Gasteiger partial charge in [0.05, 0.1) is 0 Å². The second kappa shape index (κ2) is 6.70. The Hall–Kier alpha value is -1.63. The van der Waals surface area contributed by atoms with Crippen LogP contribution in [-0.4, -0.2) is 56.8 Å². The lowest BCUT2D eigenvalue weighted by Crippen LogP contribution is -2.29. The molecule has 0 bridgehead atoms. The number of piperidine rings is 1. The number of aromatic nitrogens is 1. The number of likely N-dealkylation sites (tertiary alicyclic amines) is 1. The lowest BCUT2D eigenvalue weighted by atomic mass is 9.89. The van der Waals surface area contributed by atoms with Crippen LogP contribution in [0.2, 0.25) is 0 Å². The molecule has 130 valence electrons. The number of nitrogens with one attached hydrogen (secondary N) is 1. The summed E-state index contributed by atoms with van der Waals surface area (Å²) in [7, 11) is 1.90. The highest BCUT2D eigenvalue weighted by molar-refractivity contribution is 7.92. The molecule has 0 atom stereocenters. The number of benzene rings is 1. The zero-order valence-corrected chi connectivity index (χ0v) is 15.3. The Balaban J connectivity index is 1.90. The summed E-state index contributed by atoms with van der Waals surface area (Å²) in [5.74, 6) is 0.569. The number of hydrogen-bond acceptors (Lipinski definition) is 3. The highest BCUT2D eigenvalue weighted by atomic mass is 32.2. The highest BCUT2D eigenvalue weighted by Gasteiger charge is 2.21. The number of H-pyrrole nitrogens is 1. The monoisotopic (exact) mass is 347 g/mol. The van der Waals surface area contributed by atoms with Crippen molar-refractivity contribution in [3.8, 4) is 0 Å². The molecule has 0 saturated carbocycles. The first-order valence-electron chi connectivity index (χ1n) is 8.27. The van der Waals surface area contributed by atoms with Gasteiger partial charge < -0.3 is 9.88 Å². The van der Waals surface area contributed by atoms with Crippen molar-refractivity contribution in [3.63, 3.8) is 0 Å². The van der Waals surface area contributed by atoms with Crippen molar-refractivity contribution in [1.29, 1.82) is 0 Å². The van der Waals surface area contributed by atoms with E-state index in [0.29, 0.717) is 5.92 Å². The summed E-state index contributed by atoms with van der Waals surface area (Å²) in [5.41, 5.74) is 3.36. The van der Waals surface area contributed by atoms with Gasteiger partial charge in [0.25, 0.3) is 0 Å². The Morgan fingerprint density at radius 1 is 1.25 bits per heavy atom. The fourth-order valence-electron chi connectivity index (χ4n) is 3.21. The molecule has 6 heteroatoms. The Kier molecular flexibility index (Phi) is 4.80. The second-order valence-electron chi connectivity index (χ2n) is 6.76. The zero-order chi connectivity index (χ0) is 17.3. The topological polar surface area (TPSA) is 56.4 Å². The fraction of sp³-hybridized carbons (Fsp3) is 0.444. The predicted octanol–water partition coefficient (Wildman–Crippen LogP) is 2.84. The second-order valence-corrected chi connectivity index (χ2v) is 8.79. The van der Waals surface area contributed by atoms with Gasteiger partial charge in [-0.25, -0.2) is 12.7 Å². The van der Waals surface area contributed by atoms with Crippen molar-refractivity contribution in [2.24, 2.45) is 0 Å². The number of sulfonamides is 1. The molecule has 3 rings (SSSR count). The van der Waals surface area contributed by atoms with Crippen LogP contribution in [-0.2, 0) is 10.0 Å². The average Bonchev–Trinajstić information content (AvgIpc) is 2.97. The van der Waals surface area contributed by atoms with Gasteiger partial charge in [-0.05, 0) is 68.2 Å². The molecule has 0 aliphatic carbocycles. The van der Waals surface area contributed by atoms with Crippen molar-refractivity contribution < 1.29 is 8.42 Å². The molecule has 1 saturated heterocycles. The molecule has 1 aliphatic heterocycles. The van der Waals surface area contributed by atoms with E-state index in [1.54, 1.807) is 6.08 Å². The predicted molar refractivity (Wildman–Crippen MR) is 99.4 cm³/mol. The van der Waals surface area contributed by atoms with Crippen LogP contribution in [0.1, 0.15) is 29.9 Å². The first-order valence-corrected chi connectivity index (χ1v) is 9.77. The maximum atomic E-state index is 11.9. The third kappa shape index (κ3) is 3.55. The van der Waals surface area contributed by atoms with Crippen LogP contribution in [0, 0.1) is 0 Å². The first kappa shape index (κ1) is 17.2. The van der Waals surface area contributed by atoms with Crippen LogP contribution < -0.4 is 0 Å². The summed E-state index contributed by atoms with van der Waals surface area (Å²) in [5, 5.41) is 2.46. The first-order chi connectivity index (χ1) is 11.4. The number of nitrogens with zero attached hydrogens (tertiary/aromatic N) is 2. The zero-order valence-electron chi connectivity index (χ0n) is 14.5. The Labute approximate surface area is 144 Å². The van der Waals surface area contributed by atoms with Gasteiger partial charge in [-0.2, -0.15) is 0 Å². The van der Waals surface area contributed by atoms with Crippen LogP contribution in [0.3, 0.4) is 0 Å². The van der Waals surface area contributed by atoms with E-state index in [2.05, 4.69) is 29.2 Å². The molecule has 2 aromatic rings. The smallest absolute Gasteiger partial charge is 0.235 e. The minimum atomic E-state index is -3.33. The molecule has 1 aromatic carbocycles. The SMILES string of the molecule is CN1CCC(c2c[nH]c3ccc(/C=C/S(=O)(=O)N(C)C)cc23)CC1. The van der Waals surface area contributed by atoms with E-state index in [1.165, 1.54) is 47.6 Å². The molecule has 0 unspecified atom stereocenters. The summed E-state index contributed by atoms with van der Waals surface area (Å²) < 4.78 is 25.0. The molecule has 0 amide bonds. The molecule has 24 heavy (non-hydrogen) atoms. The van der Waals surface area contributed by atoms with E-state index in [1.807, 2.05) is 12.1 Å². The van der Waals surface area contributed by atoms with Crippen molar-refractivity contribution in [2.45, 2.75) is 18.8 Å². The minimum absolute atomic E-state index is 0.569. The number of fused-ring (bicyclic) bond motifs is 1. The van der Waals surface area contributed by atoms with Crippen molar-refractivity contribution in [3.05, 3.63) is 40.9 Å². The Morgan fingerprint density at radius 2 is 1.96 bits per heavy atom. The summed E-state index contributed by atoms with van der Waals surface area (Å²) >= 11 is 0. The van der Waals surface area contributed by atoms with E-state index in [9.17, 15) is 8.42 Å². The van der Waals surface area contributed by atoms with E-state index >= 15 is 0 Å². The van der Waals surface area contributed by atoms with Crippen molar-refractivity contribution in [1.82, 2.24) is 14.2 Å². The molecule has 0 radical (unpaired) electrons. The quantitative estimate of drug-likeness (QED) is 0.925. The molecule has 1 fully saturated rings. The largest absolute Gasteiger partial charge is 0.361 e. The molecule has 1 aliphatic rings. The third-order valence-electron chi connectivity index (χ3n) is 4.84. The van der Waals surface area contributed by atoms with Crippen LogP contribution >= 0.6 is 0 Å². The number of rotatable bonds is 4. The van der Waals surface area contributed by atoms with E-state index in [-0.39, 0.29) is 0 Å². The number of aromatic amines is 1. The fourth-order valence-corrected chi connectivity index (χ4v) is 3.78. The van der Waals surface area contributed by atoms with Gasteiger partial charge in [0.2, 0.25) is 10.0 Å². The van der Waals surface area contributed by atoms with E-state index < -0.39 is 10.0 Å². The molecule has 0 spiro atoms. The van der Waals surface area contributed by atoms with Crippen molar-refractivity contribution >= 4 is 27.0 Å². The van der Waals surface area contributed by atoms with Crippen LogP contribution in [0.25, 0.3) is 17.0 Å². The van der Waals surface area contributed by atoms with Gasteiger partial charge >= 0.3 is 0 Å². The molecule has 1 N–H and O–H groups in total. The van der Waals surface area contributed by atoms with Gasteiger partial charge in [-0.3, -0.25) is 0 Å². The van der Waals surface area contributed by atoms with E-state index in [4.69, 9.17) is 0 Å². The maximum Gasteiger partial charge on any atom is 0.235 e. The van der Waals surface area contributed by atoms with Gasteiger partial charge in [0.15, 0.2) is 0 Å². The van der Waals surface area contributed by atoms with Crippen molar-refractivity contribution in [2.75, 3.05) is 34.2 Å². The minimum Gasteiger partial charge on any atom is -0.361 e. The molecule has 2 heterocycles. The lowest BCUT2D eigenvalue weighted by Gasteiger charge is -2.28. The third-order valence-corrected chi connectivity index (χ3v) is 6.34. The Bertz CT molecular complexity index is 844. The van der Waals surface area contributed by atoms with Crippen LogP contribution in [0.4, 0.5) is 0 Å². The van der Waals surface area contributed by atoms with Gasteiger partial charge in [0.1, 0.15) is 0 Å². The molecular weight excluding hydrogens is 322 g/mol. The average molecular weight is 347 g/mol. The summed E-state index contributed by atoms with van der Waals surface area (Å²) in [4.78, 5) is 5.72. The number of hydrogen-bond donors (Lipinski definition) is 1. The lowest BCUT2D eigenvalue weighted by molar-refractivity contribution is 0.256. The summed E-state index contributed by atoms with van der Waals surface area (Å²) in [6.07, 6.45) is 6.11. The van der Waals surface area contributed by atoms with Gasteiger partial charge in [0, 0.05) is 36.6 Å². The van der Waals surface area contributed by atoms with Crippen LogP contribution in [0.15, 0.2) is 29.8 Å². The maximum absolute atomic E-state index is 11.9. The normalized spacial score (nSPS) is 18.2. The molecule has 5 nitrogen and oxygen atoms in total. The Morgan fingerprint density at radius 3 is 2.62 bits per heavy atom. The van der Waals surface area contributed by atoms with Gasteiger partial charge in [-0.15, -0.1) is 0 Å². The van der Waals surface area contributed by atoms with Crippen LogP contribution in [0.5, 0.6) is 0 Å². The summed E-state index contributed by atoms with van der Waals surface area (Å²) in [6, 6.07) is 6.05. The summed E-state index contributed by atoms with van der Waals surface area (Å²) in [6.45, 7) is 2.25. The van der Waals surface area contributed by atoms with Gasteiger partial charge in [-0.1, -0.05) is 6.07 Å².